The Labute approximate surface area is 104 Å². The fourth-order valence-electron chi connectivity index (χ4n) is 4.05. The van der Waals surface area contributed by atoms with Gasteiger partial charge < -0.3 is 5.32 Å². The topological polar surface area (TPSA) is 12.0 Å². The fourth-order valence-corrected chi connectivity index (χ4v) is 4.05. The van der Waals surface area contributed by atoms with Gasteiger partial charge >= 0.3 is 0 Å². The quantitative estimate of drug-likeness (QED) is 0.777. The molecule has 2 atom stereocenters. The number of rotatable bonds is 1. The van der Waals surface area contributed by atoms with E-state index in [0.29, 0.717) is 5.41 Å². The number of nitrogens with one attached hydrogen (secondary N) is 1. The predicted molar refractivity (Wildman–Crippen MR) is 70.5 cm³/mol. The van der Waals surface area contributed by atoms with Crippen LogP contribution in [0, 0.1) is 5.41 Å². The van der Waals surface area contributed by atoms with E-state index in [1.54, 1.807) is 16.7 Å². The third-order valence-electron chi connectivity index (χ3n) is 5.31. The zero-order chi connectivity index (χ0) is 11.5. The molecule has 1 saturated carbocycles. The van der Waals surface area contributed by atoms with Crippen molar-refractivity contribution in [3.63, 3.8) is 0 Å². The van der Waals surface area contributed by atoms with Crippen LogP contribution in [0.1, 0.15) is 54.7 Å². The Hall–Kier alpha value is -0.820. The van der Waals surface area contributed by atoms with Crippen molar-refractivity contribution < 1.29 is 0 Å². The van der Waals surface area contributed by atoms with Crippen molar-refractivity contribution in [2.45, 2.75) is 44.4 Å². The molecular formula is C16H21N. The lowest BCUT2D eigenvalue weighted by molar-refractivity contribution is 0.277. The third kappa shape index (κ3) is 1.41. The van der Waals surface area contributed by atoms with E-state index in [9.17, 15) is 0 Å². The third-order valence-corrected chi connectivity index (χ3v) is 5.31. The van der Waals surface area contributed by atoms with Crippen LogP contribution < -0.4 is 5.32 Å². The van der Waals surface area contributed by atoms with E-state index in [0.717, 1.165) is 11.8 Å². The zero-order valence-corrected chi connectivity index (χ0v) is 10.6. The smallest absolute Gasteiger partial charge is 0.00323 e. The van der Waals surface area contributed by atoms with Crippen LogP contribution in [0.4, 0.5) is 0 Å². The van der Waals surface area contributed by atoms with Crippen molar-refractivity contribution >= 4 is 0 Å². The number of benzene rings is 1. The molecule has 1 heteroatoms. The molecule has 1 saturated heterocycles. The van der Waals surface area contributed by atoms with E-state index in [1.807, 2.05) is 0 Å². The second-order valence-corrected chi connectivity index (χ2v) is 6.53. The van der Waals surface area contributed by atoms with Crippen molar-refractivity contribution in [1.29, 1.82) is 0 Å². The Bertz CT molecular complexity index is 461. The molecule has 0 amide bonds. The predicted octanol–water partition coefficient (Wildman–Crippen LogP) is 3.20. The molecule has 90 valence electrons. The van der Waals surface area contributed by atoms with Gasteiger partial charge in [0.15, 0.2) is 0 Å². The normalized spacial score (nSPS) is 35.5. The van der Waals surface area contributed by atoms with Gasteiger partial charge in [0.2, 0.25) is 0 Å². The van der Waals surface area contributed by atoms with Gasteiger partial charge in [0, 0.05) is 19.0 Å². The molecule has 1 aromatic rings. The second kappa shape index (κ2) is 3.35. The standard InChI is InChI=1S/C16H21N/c1-16-8-7-13-12(11-5-6-11)3-2-4-14(13)15(16)9-17-10-16/h2-4,11,15,17H,5-10H2,1H3/t15-,16+/m0/s1. The molecule has 1 aliphatic heterocycles. The maximum Gasteiger partial charge on any atom is 0.00323 e. The van der Waals surface area contributed by atoms with Crippen LogP contribution in [-0.2, 0) is 6.42 Å². The van der Waals surface area contributed by atoms with E-state index >= 15 is 0 Å². The minimum Gasteiger partial charge on any atom is -0.316 e. The van der Waals surface area contributed by atoms with Gasteiger partial charge in [0.1, 0.15) is 0 Å². The molecule has 1 N–H and O–H groups in total. The van der Waals surface area contributed by atoms with Crippen LogP contribution >= 0.6 is 0 Å². The molecule has 0 radical (unpaired) electrons. The average molecular weight is 227 g/mol. The summed E-state index contributed by atoms with van der Waals surface area (Å²) in [5.74, 6) is 1.67. The first-order chi connectivity index (χ1) is 8.28. The molecule has 2 aliphatic carbocycles. The van der Waals surface area contributed by atoms with Crippen LogP contribution in [-0.4, -0.2) is 13.1 Å². The van der Waals surface area contributed by atoms with E-state index in [1.165, 1.54) is 38.8 Å². The van der Waals surface area contributed by atoms with Gasteiger partial charge in [0.25, 0.3) is 0 Å². The zero-order valence-electron chi connectivity index (χ0n) is 10.6. The minimum absolute atomic E-state index is 0.523. The van der Waals surface area contributed by atoms with Crippen LogP contribution in [0.2, 0.25) is 0 Å². The molecule has 3 aliphatic rings. The summed E-state index contributed by atoms with van der Waals surface area (Å²) in [5, 5.41) is 3.61. The van der Waals surface area contributed by atoms with Gasteiger partial charge in [-0.15, -0.1) is 0 Å². The van der Waals surface area contributed by atoms with E-state index in [4.69, 9.17) is 0 Å². The molecule has 1 aromatic carbocycles. The van der Waals surface area contributed by atoms with Gasteiger partial charge in [0.05, 0.1) is 0 Å². The number of hydrogen-bond donors (Lipinski definition) is 1. The second-order valence-electron chi connectivity index (χ2n) is 6.53. The molecule has 4 rings (SSSR count). The van der Waals surface area contributed by atoms with Crippen LogP contribution in [0.25, 0.3) is 0 Å². The molecule has 0 spiro atoms. The summed E-state index contributed by atoms with van der Waals surface area (Å²) in [7, 11) is 0. The van der Waals surface area contributed by atoms with Crippen molar-refractivity contribution in [2.75, 3.05) is 13.1 Å². The lowest BCUT2D eigenvalue weighted by atomic mass is 9.66. The lowest BCUT2D eigenvalue weighted by Gasteiger charge is -2.38. The summed E-state index contributed by atoms with van der Waals surface area (Å²) < 4.78 is 0. The number of hydrogen-bond acceptors (Lipinski definition) is 1. The summed E-state index contributed by atoms with van der Waals surface area (Å²) in [6.45, 7) is 4.88. The molecule has 0 bridgehead atoms. The molecule has 2 fully saturated rings. The summed E-state index contributed by atoms with van der Waals surface area (Å²) in [6.07, 6.45) is 5.55. The van der Waals surface area contributed by atoms with E-state index in [-0.39, 0.29) is 0 Å². The van der Waals surface area contributed by atoms with Gasteiger partial charge in [-0.25, -0.2) is 0 Å². The largest absolute Gasteiger partial charge is 0.316 e. The van der Waals surface area contributed by atoms with Crippen molar-refractivity contribution in [3.8, 4) is 0 Å². The maximum atomic E-state index is 3.61. The highest BCUT2D eigenvalue weighted by molar-refractivity contribution is 5.44. The van der Waals surface area contributed by atoms with Gasteiger partial charge in [-0.1, -0.05) is 25.1 Å². The minimum atomic E-state index is 0.523. The average Bonchev–Trinajstić information content (AvgIpc) is 3.10. The molecule has 0 aromatic heterocycles. The number of fused-ring (bicyclic) bond motifs is 3. The molecule has 1 nitrogen and oxygen atoms in total. The van der Waals surface area contributed by atoms with Crippen LogP contribution in [0.5, 0.6) is 0 Å². The van der Waals surface area contributed by atoms with E-state index < -0.39 is 0 Å². The van der Waals surface area contributed by atoms with E-state index in [2.05, 4.69) is 30.4 Å². The Morgan fingerprint density at radius 3 is 2.88 bits per heavy atom. The molecule has 1 heterocycles. The first-order valence-corrected chi connectivity index (χ1v) is 7.10. The van der Waals surface area contributed by atoms with Crippen molar-refractivity contribution in [2.24, 2.45) is 5.41 Å². The van der Waals surface area contributed by atoms with Crippen molar-refractivity contribution in [1.82, 2.24) is 5.32 Å². The summed E-state index contributed by atoms with van der Waals surface area (Å²) in [4.78, 5) is 0. The Kier molecular flexibility index (Phi) is 2.00. The monoisotopic (exact) mass is 227 g/mol. The summed E-state index contributed by atoms with van der Waals surface area (Å²) >= 11 is 0. The molecule has 17 heavy (non-hydrogen) atoms. The first kappa shape index (κ1) is 10.1. The molecular weight excluding hydrogens is 206 g/mol. The highest BCUT2D eigenvalue weighted by atomic mass is 14.9. The van der Waals surface area contributed by atoms with Crippen molar-refractivity contribution in [3.05, 3.63) is 34.9 Å². The highest BCUT2D eigenvalue weighted by Crippen LogP contribution is 2.51. The SMILES string of the molecule is C[C@]12CCc3c(C4CC4)cccc3[C@@H]1CNC2. The summed E-state index contributed by atoms with van der Waals surface area (Å²) in [6, 6.07) is 7.09. The van der Waals surface area contributed by atoms with Gasteiger partial charge in [-0.2, -0.15) is 0 Å². The molecule has 0 unspecified atom stereocenters. The Morgan fingerprint density at radius 1 is 1.24 bits per heavy atom. The lowest BCUT2D eigenvalue weighted by Crippen LogP contribution is -2.30. The maximum absolute atomic E-state index is 3.61. The van der Waals surface area contributed by atoms with Gasteiger partial charge in [-0.05, 0) is 53.7 Å². The summed E-state index contributed by atoms with van der Waals surface area (Å²) in [5.41, 5.74) is 5.61. The highest BCUT2D eigenvalue weighted by Gasteiger charge is 2.44. The van der Waals surface area contributed by atoms with Crippen LogP contribution in [0.3, 0.4) is 0 Å². The first-order valence-electron chi connectivity index (χ1n) is 7.10. The van der Waals surface area contributed by atoms with Crippen LogP contribution in [0.15, 0.2) is 18.2 Å². The Balaban J connectivity index is 1.84. The fraction of sp³-hybridized carbons (Fsp3) is 0.625. The Morgan fingerprint density at radius 2 is 2.06 bits per heavy atom. The van der Waals surface area contributed by atoms with Gasteiger partial charge in [-0.3, -0.25) is 0 Å².